The van der Waals surface area contributed by atoms with Crippen molar-refractivity contribution in [3.63, 3.8) is 0 Å². The third-order valence-corrected chi connectivity index (χ3v) is 4.26. The van der Waals surface area contributed by atoms with Crippen molar-refractivity contribution >= 4 is 22.2 Å². The maximum atomic E-state index is 4.41. The molecule has 19 heavy (non-hydrogen) atoms. The Hall–Kier alpha value is -1.72. The maximum absolute atomic E-state index is 4.41. The fourth-order valence-electron chi connectivity index (χ4n) is 2.08. The predicted molar refractivity (Wildman–Crippen MR) is 78.1 cm³/mol. The number of rotatable bonds is 5. The van der Waals surface area contributed by atoms with E-state index in [0.29, 0.717) is 0 Å². The number of aryl methyl sites for hydroxylation is 1. The van der Waals surface area contributed by atoms with Crippen molar-refractivity contribution in [2.45, 2.75) is 26.4 Å². The van der Waals surface area contributed by atoms with Gasteiger partial charge in [0.2, 0.25) is 0 Å². The fraction of sp³-hybridized carbons (Fsp3) is 0.286. The maximum Gasteiger partial charge on any atom is 0.107 e. The Kier molecular flexibility index (Phi) is 3.57. The van der Waals surface area contributed by atoms with Gasteiger partial charge in [0.15, 0.2) is 0 Å². The molecular weight excluding hydrogens is 256 g/mol. The third kappa shape index (κ3) is 2.67. The van der Waals surface area contributed by atoms with E-state index < -0.39 is 0 Å². The number of benzene rings is 1. The van der Waals surface area contributed by atoms with E-state index >= 15 is 0 Å². The fourth-order valence-corrected chi connectivity index (χ4v) is 2.91. The second kappa shape index (κ2) is 5.50. The lowest BCUT2D eigenvalue weighted by Gasteiger charge is -2.04. The summed E-state index contributed by atoms with van der Waals surface area (Å²) >= 11 is 1.78. The first-order valence-corrected chi connectivity index (χ1v) is 7.23. The van der Waals surface area contributed by atoms with E-state index in [2.05, 4.69) is 39.6 Å². The number of hydrogen-bond acceptors (Lipinski definition) is 4. The lowest BCUT2D eigenvalue weighted by Crippen LogP contribution is -2.12. The van der Waals surface area contributed by atoms with Gasteiger partial charge in [0.25, 0.3) is 0 Å². The van der Waals surface area contributed by atoms with Crippen molar-refractivity contribution in [3.8, 4) is 0 Å². The number of nitrogens with one attached hydrogen (secondary N) is 2. The molecule has 0 radical (unpaired) electrons. The normalized spacial score (nSPS) is 11.2. The highest BCUT2D eigenvalue weighted by Gasteiger charge is 2.03. The SMILES string of the molecule is CCc1cnc(CNCc2cccc3[nH]ncc23)s1. The van der Waals surface area contributed by atoms with Crippen LogP contribution in [0.4, 0.5) is 0 Å². The molecule has 0 saturated heterocycles. The molecule has 4 nitrogen and oxygen atoms in total. The van der Waals surface area contributed by atoms with Crippen LogP contribution in [0.1, 0.15) is 22.4 Å². The molecule has 5 heteroatoms. The highest BCUT2D eigenvalue weighted by molar-refractivity contribution is 7.11. The van der Waals surface area contributed by atoms with E-state index in [4.69, 9.17) is 0 Å². The summed E-state index contributed by atoms with van der Waals surface area (Å²) in [5.74, 6) is 0. The van der Waals surface area contributed by atoms with E-state index in [1.54, 1.807) is 11.3 Å². The van der Waals surface area contributed by atoms with Crippen molar-refractivity contribution in [1.82, 2.24) is 20.5 Å². The van der Waals surface area contributed by atoms with Crippen LogP contribution in [-0.4, -0.2) is 15.2 Å². The molecule has 3 aromatic rings. The van der Waals surface area contributed by atoms with Gasteiger partial charge in [0, 0.05) is 29.5 Å². The number of H-pyrrole nitrogens is 1. The Bertz CT molecular complexity index is 671. The topological polar surface area (TPSA) is 53.6 Å². The highest BCUT2D eigenvalue weighted by Crippen LogP contribution is 2.16. The van der Waals surface area contributed by atoms with Gasteiger partial charge >= 0.3 is 0 Å². The molecule has 0 spiro atoms. The third-order valence-electron chi connectivity index (χ3n) is 3.12. The summed E-state index contributed by atoms with van der Waals surface area (Å²) in [5, 5.41) is 12.8. The Morgan fingerprint density at radius 3 is 3.05 bits per heavy atom. The summed E-state index contributed by atoms with van der Waals surface area (Å²) in [6.45, 7) is 3.81. The number of nitrogens with zero attached hydrogens (tertiary/aromatic N) is 2. The molecule has 0 aliphatic heterocycles. The lowest BCUT2D eigenvalue weighted by atomic mass is 10.1. The van der Waals surface area contributed by atoms with Gasteiger partial charge in [-0.15, -0.1) is 11.3 Å². The van der Waals surface area contributed by atoms with Crippen LogP contribution in [0.5, 0.6) is 0 Å². The standard InChI is InChI=1S/C14H16N4S/c1-2-11-7-16-14(19-11)9-15-6-10-4-3-5-13-12(10)8-17-18-13/h3-5,7-8,15H,2,6,9H2,1H3,(H,17,18). The van der Waals surface area contributed by atoms with Gasteiger partial charge in [-0.2, -0.15) is 5.10 Å². The van der Waals surface area contributed by atoms with Crippen molar-refractivity contribution in [3.05, 3.63) is 46.0 Å². The predicted octanol–water partition coefficient (Wildman–Crippen LogP) is 2.87. The molecule has 0 amide bonds. The summed E-state index contributed by atoms with van der Waals surface area (Å²) in [5.41, 5.74) is 2.35. The zero-order valence-corrected chi connectivity index (χ0v) is 11.6. The van der Waals surface area contributed by atoms with Crippen LogP contribution < -0.4 is 5.32 Å². The molecule has 3 rings (SSSR count). The molecule has 0 aliphatic carbocycles. The molecule has 2 aromatic heterocycles. The van der Waals surface area contributed by atoms with E-state index in [0.717, 1.165) is 30.0 Å². The second-order valence-corrected chi connectivity index (χ2v) is 5.63. The van der Waals surface area contributed by atoms with Gasteiger partial charge in [0.05, 0.1) is 11.7 Å². The van der Waals surface area contributed by atoms with Crippen molar-refractivity contribution in [2.75, 3.05) is 0 Å². The minimum Gasteiger partial charge on any atom is -0.306 e. The van der Waals surface area contributed by atoms with Crippen LogP contribution >= 0.6 is 11.3 Å². The molecule has 0 unspecified atom stereocenters. The van der Waals surface area contributed by atoms with Gasteiger partial charge in [-0.05, 0) is 18.1 Å². The first-order valence-electron chi connectivity index (χ1n) is 6.42. The average Bonchev–Trinajstić information content (AvgIpc) is 3.07. The molecule has 0 saturated carbocycles. The molecule has 0 atom stereocenters. The molecule has 2 N–H and O–H groups in total. The zero-order chi connectivity index (χ0) is 13.1. The highest BCUT2D eigenvalue weighted by atomic mass is 32.1. The van der Waals surface area contributed by atoms with Crippen molar-refractivity contribution in [2.24, 2.45) is 0 Å². The Balaban J connectivity index is 1.64. The molecule has 0 bridgehead atoms. The Labute approximate surface area is 115 Å². The number of fused-ring (bicyclic) bond motifs is 1. The summed E-state index contributed by atoms with van der Waals surface area (Å²) in [6, 6.07) is 6.22. The molecule has 98 valence electrons. The van der Waals surface area contributed by atoms with Gasteiger partial charge in [-0.3, -0.25) is 5.10 Å². The van der Waals surface area contributed by atoms with Gasteiger partial charge in [-0.1, -0.05) is 19.1 Å². The summed E-state index contributed by atoms with van der Waals surface area (Å²) in [7, 11) is 0. The summed E-state index contributed by atoms with van der Waals surface area (Å²) < 4.78 is 0. The average molecular weight is 272 g/mol. The van der Waals surface area contributed by atoms with Crippen LogP contribution in [-0.2, 0) is 19.5 Å². The van der Waals surface area contributed by atoms with Gasteiger partial charge < -0.3 is 5.32 Å². The number of aromatic nitrogens is 3. The van der Waals surface area contributed by atoms with E-state index in [-0.39, 0.29) is 0 Å². The van der Waals surface area contributed by atoms with Gasteiger partial charge in [-0.25, -0.2) is 4.98 Å². The molecule has 0 aliphatic rings. The van der Waals surface area contributed by atoms with Crippen molar-refractivity contribution in [1.29, 1.82) is 0 Å². The van der Waals surface area contributed by atoms with Crippen LogP contribution in [0.25, 0.3) is 10.9 Å². The summed E-state index contributed by atoms with van der Waals surface area (Å²) in [4.78, 5) is 5.75. The molecule has 2 heterocycles. The van der Waals surface area contributed by atoms with E-state index in [1.165, 1.54) is 15.8 Å². The molecular formula is C14H16N4S. The van der Waals surface area contributed by atoms with Gasteiger partial charge in [0.1, 0.15) is 5.01 Å². The van der Waals surface area contributed by atoms with Crippen LogP contribution in [0.15, 0.2) is 30.6 Å². The Morgan fingerprint density at radius 2 is 2.21 bits per heavy atom. The van der Waals surface area contributed by atoms with E-state index in [9.17, 15) is 0 Å². The van der Waals surface area contributed by atoms with Crippen LogP contribution in [0, 0.1) is 0 Å². The zero-order valence-electron chi connectivity index (χ0n) is 10.8. The van der Waals surface area contributed by atoms with Crippen LogP contribution in [0.3, 0.4) is 0 Å². The number of thiazole rings is 1. The first kappa shape index (κ1) is 12.3. The van der Waals surface area contributed by atoms with Crippen LogP contribution in [0.2, 0.25) is 0 Å². The first-order chi connectivity index (χ1) is 9.36. The minimum absolute atomic E-state index is 0.818. The minimum atomic E-state index is 0.818. The van der Waals surface area contributed by atoms with E-state index in [1.807, 2.05) is 18.5 Å². The largest absolute Gasteiger partial charge is 0.306 e. The summed E-state index contributed by atoms with van der Waals surface area (Å²) in [6.07, 6.45) is 4.91. The smallest absolute Gasteiger partial charge is 0.107 e. The quantitative estimate of drug-likeness (QED) is 0.751. The van der Waals surface area contributed by atoms with Crippen molar-refractivity contribution < 1.29 is 0 Å². The molecule has 0 fully saturated rings. The number of aromatic amines is 1. The monoisotopic (exact) mass is 272 g/mol. The number of hydrogen-bond donors (Lipinski definition) is 2. The second-order valence-electron chi connectivity index (χ2n) is 4.43. The Morgan fingerprint density at radius 1 is 1.26 bits per heavy atom. The lowest BCUT2D eigenvalue weighted by molar-refractivity contribution is 0.693. The molecule has 1 aromatic carbocycles.